The number of nitrogens with one attached hydrogen (secondary N) is 1. The summed E-state index contributed by atoms with van der Waals surface area (Å²) < 4.78 is 51.6. The first-order valence-electron chi connectivity index (χ1n) is 8.90. The van der Waals surface area contributed by atoms with Crippen molar-refractivity contribution in [1.82, 2.24) is 9.88 Å². The Bertz CT molecular complexity index is 893. The van der Waals surface area contributed by atoms with E-state index in [-0.39, 0.29) is 17.3 Å². The van der Waals surface area contributed by atoms with Crippen LogP contribution in [0.2, 0.25) is 0 Å². The van der Waals surface area contributed by atoms with Crippen LogP contribution in [-0.4, -0.2) is 47.9 Å². The van der Waals surface area contributed by atoms with Crippen molar-refractivity contribution in [2.75, 3.05) is 31.6 Å². The first kappa shape index (κ1) is 18.7. The zero-order valence-corrected chi connectivity index (χ0v) is 14.9. The minimum atomic E-state index is -1.57. The molecule has 2 aromatic rings. The van der Waals surface area contributed by atoms with Gasteiger partial charge >= 0.3 is 0 Å². The Morgan fingerprint density at radius 2 is 1.79 bits per heavy atom. The number of carbonyl (C=O) groups excluding carboxylic acids is 1. The quantitative estimate of drug-likeness (QED) is 0.812. The van der Waals surface area contributed by atoms with E-state index in [9.17, 15) is 18.0 Å². The van der Waals surface area contributed by atoms with Gasteiger partial charge in [-0.25, -0.2) is 13.2 Å². The lowest BCUT2D eigenvalue weighted by Gasteiger charge is -2.37. The van der Waals surface area contributed by atoms with Crippen LogP contribution in [0.15, 0.2) is 30.6 Å². The summed E-state index contributed by atoms with van der Waals surface area (Å²) in [5, 5.41) is 2.62. The normalized spacial score (nSPS) is 18.5. The van der Waals surface area contributed by atoms with Crippen LogP contribution in [0.5, 0.6) is 0 Å². The summed E-state index contributed by atoms with van der Waals surface area (Å²) in [6.45, 7) is 2.08. The zero-order valence-electron chi connectivity index (χ0n) is 14.9. The molecular formula is C19H18F3N3O3. The van der Waals surface area contributed by atoms with E-state index >= 15 is 0 Å². The number of aromatic nitrogens is 1. The van der Waals surface area contributed by atoms with Crippen LogP contribution in [0.1, 0.15) is 23.2 Å². The van der Waals surface area contributed by atoms with Crippen molar-refractivity contribution in [2.45, 2.75) is 18.6 Å². The first-order chi connectivity index (χ1) is 13.5. The number of hydrogen-bond donors (Lipinski definition) is 1. The lowest BCUT2D eigenvalue weighted by Crippen LogP contribution is -2.47. The fourth-order valence-electron chi connectivity index (χ4n) is 3.42. The Labute approximate surface area is 159 Å². The number of anilines is 2. The number of halogens is 3. The SMILES string of the molecule is O=C(c1cncc(Nc2ccc(F)c(F)c2F)c1)N1CCC2(CC1)OCCO2. The van der Waals surface area contributed by atoms with Crippen molar-refractivity contribution in [2.24, 2.45) is 0 Å². The predicted octanol–water partition coefficient (Wildman–Crippen LogP) is 3.22. The Morgan fingerprint density at radius 3 is 2.50 bits per heavy atom. The van der Waals surface area contributed by atoms with Crippen LogP contribution >= 0.6 is 0 Å². The van der Waals surface area contributed by atoms with Gasteiger partial charge in [-0.15, -0.1) is 0 Å². The molecule has 0 bridgehead atoms. The van der Waals surface area contributed by atoms with E-state index in [0.29, 0.717) is 44.7 Å². The van der Waals surface area contributed by atoms with Gasteiger partial charge in [0.15, 0.2) is 23.2 Å². The summed E-state index contributed by atoms with van der Waals surface area (Å²) in [7, 11) is 0. The molecule has 4 rings (SSSR count). The molecule has 9 heteroatoms. The predicted molar refractivity (Wildman–Crippen MR) is 93.6 cm³/mol. The second kappa shape index (κ2) is 7.40. The van der Waals surface area contributed by atoms with E-state index in [4.69, 9.17) is 9.47 Å². The second-order valence-corrected chi connectivity index (χ2v) is 6.71. The number of ether oxygens (including phenoxy) is 2. The monoisotopic (exact) mass is 393 g/mol. The minimum Gasteiger partial charge on any atom is -0.352 e. The molecule has 1 aromatic heterocycles. The average Bonchev–Trinajstić information content (AvgIpc) is 3.17. The highest BCUT2D eigenvalue weighted by Gasteiger charge is 2.40. The summed E-state index contributed by atoms with van der Waals surface area (Å²) in [5.74, 6) is -4.99. The van der Waals surface area contributed by atoms with Gasteiger partial charge in [-0.3, -0.25) is 9.78 Å². The molecule has 0 unspecified atom stereocenters. The molecule has 1 spiro atoms. The minimum absolute atomic E-state index is 0.227. The molecule has 1 amide bonds. The lowest BCUT2D eigenvalue weighted by molar-refractivity contribution is -0.181. The highest BCUT2D eigenvalue weighted by Crippen LogP contribution is 2.32. The molecule has 3 heterocycles. The fraction of sp³-hybridized carbons (Fsp3) is 0.368. The Morgan fingerprint density at radius 1 is 1.07 bits per heavy atom. The second-order valence-electron chi connectivity index (χ2n) is 6.71. The molecule has 1 aromatic carbocycles. The number of benzene rings is 1. The third-order valence-corrected chi connectivity index (χ3v) is 4.93. The molecule has 148 valence electrons. The average molecular weight is 393 g/mol. The number of hydrogen-bond acceptors (Lipinski definition) is 5. The number of carbonyl (C=O) groups is 1. The highest BCUT2D eigenvalue weighted by atomic mass is 19.2. The zero-order chi connectivity index (χ0) is 19.7. The molecule has 28 heavy (non-hydrogen) atoms. The van der Waals surface area contributed by atoms with E-state index in [1.807, 2.05) is 0 Å². The Hall–Kier alpha value is -2.65. The van der Waals surface area contributed by atoms with E-state index in [0.717, 1.165) is 12.1 Å². The van der Waals surface area contributed by atoms with Crippen LogP contribution in [0, 0.1) is 17.5 Å². The van der Waals surface area contributed by atoms with Gasteiger partial charge in [-0.2, -0.15) is 0 Å². The Balaban J connectivity index is 1.46. The van der Waals surface area contributed by atoms with Gasteiger partial charge in [-0.1, -0.05) is 0 Å². The molecule has 6 nitrogen and oxygen atoms in total. The first-order valence-corrected chi connectivity index (χ1v) is 8.90. The van der Waals surface area contributed by atoms with Crippen molar-refractivity contribution < 1.29 is 27.4 Å². The Kier molecular flexibility index (Phi) is 4.94. The molecule has 2 aliphatic heterocycles. The fourth-order valence-corrected chi connectivity index (χ4v) is 3.42. The summed E-state index contributed by atoms with van der Waals surface area (Å²) in [5.41, 5.74) is 0.338. The van der Waals surface area contributed by atoms with Gasteiger partial charge in [0.25, 0.3) is 5.91 Å². The summed E-state index contributed by atoms with van der Waals surface area (Å²) in [6, 6.07) is 3.39. The third kappa shape index (κ3) is 3.55. The van der Waals surface area contributed by atoms with Crippen LogP contribution in [-0.2, 0) is 9.47 Å². The number of nitrogens with zero attached hydrogens (tertiary/aromatic N) is 2. The van der Waals surface area contributed by atoms with Gasteiger partial charge < -0.3 is 19.7 Å². The lowest BCUT2D eigenvalue weighted by atomic mass is 10.0. The maximum absolute atomic E-state index is 13.8. The van der Waals surface area contributed by atoms with Gasteiger partial charge in [0.05, 0.1) is 36.3 Å². The summed E-state index contributed by atoms with van der Waals surface area (Å²) in [6.07, 6.45) is 3.94. The molecule has 0 atom stereocenters. The van der Waals surface area contributed by atoms with Crippen LogP contribution in [0.3, 0.4) is 0 Å². The number of likely N-dealkylation sites (tertiary alicyclic amines) is 1. The van der Waals surface area contributed by atoms with Gasteiger partial charge in [0.2, 0.25) is 0 Å². The van der Waals surface area contributed by atoms with E-state index < -0.39 is 23.2 Å². The summed E-state index contributed by atoms with van der Waals surface area (Å²) in [4.78, 5) is 18.4. The topological polar surface area (TPSA) is 63.7 Å². The smallest absolute Gasteiger partial charge is 0.255 e. The molecule has 2 saturated heterocycles. The van der Waals surface area contributed by atoms with Gasteiger partial charge in [0, 0.05) is 32.1 Å². The number of piperidine rings is 1. The molecule has 1 N–H and O–H groups in total. The van der Waals surface area contributed by atoms with E-state index in [1.54, 1.807) is 4.90 Å². The van der Waals surface area contributed by atoms with Gasteiger partial charge in [-0.05, 0) is 18.2 Å². The van der Waals surface area contributed by atoms with E-state index in [1.165, 1.54) is 18.5 Å². The largest absolute Gasteiger partial charge is 0.352 e. The van der Waals surface area contributed by atoms with Crippen molar-refractivity contribution in [3.05, 3.63) is 53.6 Å². The standard InChI is InChI=1S/C19H18F3N3O3/c20-14-1-2-15(17(22)16(14)21)24-13-9-12(10-23-11-13)18(26)25-5-3-19(4-6-25)27-7-8-28-19/h1-2,9-11,24H,3-8H2. The third-order valence-electron chi connectivity index (χ3n) is 4.93. The molecule has 0 saturated carbocycles. The van der Waals surface area contributed by atoms with Crippen molar-refractivity contribution in [3.8, 4) is 0 Å². The molecule has 2 fully saturated rings. The van der Waals surface area contributed by atoms with Crippen molar-refractivity contribution in [3.63, 3.8) is 0 Å². The number of pyridine rings is 1. The maximum atomic E-state index is 13.8. The van der Waals surface area contributed by atoms with Crippen molar-refractivity contribution in [1.29, 1.82) is 0 Å². The van der Waals surface area contributed by atoms with Crippen LogP contribution < -0.4 is 5.32 Å². The van der Waals surface area contributed by atoms with Crippen molar-refractivity contribution >= 4 is 17.3 Å². The maximum Gasteiger partial charge on any atom is 0.255 e. The molecular weight excluding hydrogens is 375 g/mol. The highest BCUT2D eigenvalue weighted by molar-refractivity contribution is 5.95. The number of amides is 1. The van der Waals surface area contributed by atoms with Crippen LogP contribution in [0.25, 0.3) is 0 Å². The number of rotatable bonds is 3. The molecule has 2 aliphatic rings. The van der Waals surface area contributed by atoms with Crippen LogP contribution in [0.4, 0.5) is 24.5 Å². The molecule has 0 radical (unpaired) electrons. The van der Waals surface area contributed by atoms with E-state index in [2.05, 4.69) is 10.3 Å². The van der Waals surface area contributed by atoms with Gasteiger partial charge in [0.1, 0.15) is 0 Å². The molecule has 0 aliphatic carbocycles. The summed E-state index contributed by atoms with van der Waals surface area (Å²) >= 11 is 0.